The van der Waals surface area contributed by atoms with Gasteiger partial charge in [0.05, 0.1) is 6.61 Å². The highest BCUT2D eigenvalue weighted by molar-refractivity contribution is 6.48. The van der Waals surface area contributed by atoms with Crippen LogP contribution in [0.5, 0.6) is 0 Å². The normalized spacial score (nSPS) is 29.5. The summed E-state index contributed by atoms with van der Waals surface area (Å²) in [6.07, 6.45) is 0.539. The number of rotatable bonds is 2. The third-order valence-corrected chi connectivity index (χ3v) is 2.18. The van der Waals surface area contributed by atoms with E-state index in [0.29, 0.717) is 13.0 Å². The summed E-state index contributed by atoms with van der Waals surface area (Å²) in [5.74, 6) is 0. The number of ether oxygens (including phenoxy) is 2. The molecule has 0 amide bonds. The molecule has 1 aliphatic rings. The van der Waals surface area contributed by atoms with Crippen LogP contribution in [-0.2, 0) is 14.3 Å². The minimum absolute atomic E-state index is 0.287. The number of alkyl halides is 2. The Kier molecular flexibility index (Phi) is 2.98. The highest BCUT2D eigenvalue weighted by Gasteiger charge is 2.40. The molecule has 0 aliphatic carbocycles. The van der Waals surface area contributed by atoms with E-state index in [1.54, 1.807) is 0 Å². The molecule has 1 fully saturated rings. The fourth-order valence-corrected chi connectivity index (χ4v) is 1.42. The molecular formula is C6H8Cl2O3. The Balaban J connectivity index is 2.52. The molecule has 11 heavy (non-hydrogen) atoms. The zero-order valence-electron chi connectivity index (χ0n) is 5.76. The molecule has 1 heterocycles. The van der Waals surface area contributed by atoms with Crippen molar-refractivity contribution in [1.29, 1.82) is 0 Å². The van der Waals surface area contributed by atoms with Gasteiger partial charge in [-0.2, -0.15) is 0 Å². The minimum Gasteiger partial charge on any atom is -0.435 e. The molecule has 1 rings (SSSR count). The van der Waals surface area contributed by atoms with Crippen LogP contribution in [0.25, 0.3) is 0 Å². The van der Waals surface area contributed by atoms with Gasteiger partial charge in [0.15, 0.2) is 4.33 Å². The van der Waals surface area contributed by atoms with Gasteiger partial charge >= 0.3 is 0 Å². The van der Waals surface area contributed by atoms with Gasteiger partial charge in [0.2, 0.25) is 6.29 Å². The van der Waals surface area contributed by atoms with E-state index in [1.165, 1.54) is 0 Å². The first kappa shape index (κ1) is 9.10. The first-order valence-corrected chi connectivity index (χ1v) is 4.01. The van der Waals surface area contributed by atoms with Gasteiger partial charge < -0.3 is 9.47 Å². The molecule has 0 bridgehead atoms. The Morgan fingerprint density at radius 3 is 2.91 bits per heavy atom. The van der Waals surface area contributed by atoms with Gasteiger partial charge in [0.25, 0.3) is 6.47 Å². The quantitative estimate of drug-likeness (QED) is 0.499. The van der Waals surface area contributed by atoms with Crippen molar-refractivity contribution in [2.45, 2.75) is 23.5 Å². The lowest BCUT2D eigenvalue weighted by Crippen LogP contribution is -2.40. The van der Waals surface area contributed by atoms with Gasteiger partial charge in [-0.3, -0.25) is 4.79 Å². The summed E-state index contributed by atoms with van der Waals surface area (Å²) in [5, 5.41) is 0. The Morgan fingerprint density at radius 2 is 2.36 bits per heavy atom. The Labute approximate surface area is 74.6 Å². The topological polar surface area (TPSA) is 35.5 Å². The van der Waals surface area contributed by atoms with E-state index in [2.05, 4.69) is 4.74 Å². The number of hydrogen-bond acceptors (Lipinski definition) is 3. The Bertz CT molecular complexity index is 149. The lowest BCUT2D eigenvalue weighted by atomic mass is 10.2. The first-order chi connectivity index (χ1) is 5.17. The largest absolute Gasteiger partial charge is 0.435 e. The van der Waals surface area contributed by atoms with Crippen molar-refractivity contribution in [2.75, 3.05) is 6.61 Å². The average molecular weight is 199 g/mol. The van der Waals surface area contributed by atoms with Crippen LogP contribution in [0.3, 0.4) is 0 Å². The van der Waals surface area contributed by atoms with Gasteiger partial charge in [0.1, 0.15) is 0 Å². The van der Waals surface area contributed by atoms with Crippen molar-refractivity contribution in [1.82, 2.24) is 0 Å². The predicted octanol–water partition coefficient (Wildman–Crippen LogP) is 1.47. The summed E-state index contributed by atoms with van der Waals surface area (Å²) in [7, 11) is 0. The first-order valence-electron chi connectivity index (χ1n) is 3.25. The lowest BCUT2D eigenvalue weighted by Gasteiger charge is -2.31. The molecule has 0 aromatic rings. The summed E-state index contributed by atoms with van der Waals surface area (Å²) >= 11 is 11.5. The summed E-state index contributed by atoms with van der Waals surface area (Å²) in [6, 6.07) is 0. The van der Waals surface area contributed by atoms with Crippen molar-refractivity contribution >= 4 is 29.7 Å². The summed E-state index contributed by atoms with van der Waals surface area (Å²) in [5.41, 5.74) is 0. The molecule has 3 nitrogen and oxygen atoms in total. The van der Waals surface area contributed by atoms with Crippen molar-refractivity contribution in [3.8, 4) is 0 Å². The predicted molar refractivity (Wildman–Crippen MR) is 40.6 cm³/mol. The van der Waals surface area contributed by atoms with E-state index >= 15 is 0 Å². The molecule has 5 heteroatoms. The number of carbonyl (C=O) groups is 1. The van der Waals surface area contributed by atoms with Crippen molar-refractivity contribution in [2.24, 2.45) is 0 Å². The van der Waals surface area contributed by atoms with Crippen LogP contribution in [-0.4, -0.2) is 23.7 Å². The van der Waals surface area contributed by atoms with Crippen LogP contribution >= 0.6 is 23.2 Å². The summed E-state index contributed by atoms with van der Waals surface area (Å²) in [6.45, 7) is 0.815. The maximum atomic E-state index is 9.94. The molecule has 0 aromatic carbocycles. The molecule has 0 N–H and O–H groups in total. The smallest absolute Gasteiger partial charge is 0.295 e. The van der Waals surface area contributed by atoms with Crippen LogP contribution in [0.2, 0.25) is 0 Å². The second-order valence-corrected chi connectivity index (χ2v) is 3.84. The van der Waals surface area contributed by atoms with Gasteiger partial charge in [-0.25, -0.2) is 0 Å². The van der Waals surface area contributed by atoms with Crippen LogP contribution < -0.4 is 0 Å². The molecule has 64 valence electrons. The van der Waals surface area contributed by atoms with E-state index < -0.39 is 10.6 Å². The highest BCUT2D eigenvalue weighted by Crippen LogP contribution is 2.36. The zero-order valence-corrected chi connectivity index (χ0v) is 7.27. The minimum atomic E-state index is -1.08. The molecule has 0 aromatic heterocycles. The zero-order chi connectivity index (χ0) is 8.32. The SMILES string of the molecule is O=CO[C@H]1OCCCC1(Cl)Cl. The molecule has 0 radical (unpaired) electrons. The average Bonchev–Trinajstić information content (AvgIpc) is 1.94. The third-order valence-electron chi connectivity index (χ3n) is 1.45. The highest BCUT2D eigenvalue weighted by atomic mass is 35.5. The fourth-order valence-electron chi connectivity index (χ4n) is 0.927. The second-order valence-electron chi connectivity index (χ2n) is 2.30. The van der Waals surface area contributed by atoms with Gasteiger partial charge in [-0.15, -0.1) is 0 Å². The van der Waals surface area contributed by atoms with Crippen LogP contribution in [0, 0.1) is 0 Å². The third kappa shape index (κ3) is 2.22. The van der Waals surface area contributed by atoms with Gasteiger partial charge in [-0.1, -0.05) is 23.2 Å². The van der Waals surface area contributed by atoms with Crippen LogP contribution in [0.1, 0.15) is 12.8 Å². The standard InChI is InChI=1S/C6H8Cl2O3/c7-6(8)2-1-3-10-5(6)11-4-9/h4-5H,1-3H2/t5-/m1/s1. The molecule has 0 unspecified atom stereocenters. The monoisotopic (exact) mass is 198 g/mol. The van der Waals surface area contributed by atoms with Crippen LogP contribution in [0.4, 0.5) is 0 Å². The Morgan fingerprint density at radius 1 is 1.64 bits per heavy atom. The van der Waals surface area contributed by atoms with E-state index in [0.717, 1.165) is 6.42 Å². The van der Waals surface area contributed by atoms with Crippen molar-refractivity contribution < 1.29 is 14.3 Å². The number of halogens is 2. The molecule has 1 aliphatic heterocycles. The van der Waals surface area contributed by atoms with Gasteiger partial charge in [-0.05, 0) is 12.8 Å². The second kappa shape index (κ2) is 3.61. The van der Waals surface area contributed by atoms with Crippen molar-refractivity contribution in [3.63, 3.8) is 0 Å². The number of hydrogen-bond donors (Lipinski definition) is 0. The molecule has 1 saturated heterocycles. The number of carbonyl (C=O) groups excluding carboxylic acids is 1. The van der Waals surface area contributed by atoms with E-state index in [-0.39, 0.29) is 6.47 Å². The van der Waals surface area contributed by atoms with E-state index in [1.807, 2.05) is 0 Å². The van der Waals surface area contributed by atoms with Gasteiger partial charge in [0, 0.05) is 0 Å². The molecule has 1 atom stereocenters. The van der Waals surface area contributed by atoms with Crippen LogP contribution in [0.15, 0.2) is 0 Å². The molecule has 0 spiro atoms. The molecular weight excluding hydrogens is 191 g/mol. The maximum Gasteiger partial charge on any atom is 0.295 e. The van der Waals surface area contributed by atoms with E-state index in [4.69, 9.17) is 27.9 Å². The van der Waals surface area contributed by atoms with E-state index in [9.17, 15) is 4.79 Å². The summed E-state index contributed by atoms with van der Waals surface area (Å²) in [4.78, 5) is 9.94. The molecule has 0 saturated carbocycles. The van der Waals surface area contributed by atoms with Crippen molar-refractivity contribution in [3.05, 3.63) is 0 Å². The lowest BCUT2D eigenvalue weighted by molar-refractivity contribution is -0.175. The summed E-state index contributed by atoms with van der Waals surface area (Å²) < 4.78 is 8.46. The fraction of sp³-hybridized carbons (Fsp3) is 0.833. The Hall–Kier alpha value is 0.01000. The maximum absolute atomic E-state index is 9.94.